The Kier molecular flexibility index (Phi) is 10.0. The molecule has 40 heavy (non-hydrogen) atoms. The molecule has 2 amide bonds. The molecule has 9 nitrogen and oxygen atoms in total. The van der Waals surface area contributed by atoms with Gasteiger partial charge in [0.05, 0.1) is 27.4 Å². The highest BCUT2D eigenvalue weighted by Crippen LogP contribution is 2.38. The first kappa shape index (κ1) is 29.4. The first-order valence-electron chi connectivity index (χ1n) is 13.5. The van der Waals surface area contributed by atoms with Crippen LogP contribution in [0, 0.1) is 5.92 Å². The number of ether oxygens (including phenoxy) is 3. The average Bonchev–Trinajstić information content (AvgIpc) is 3.46. The van der Waals surface area contributed by atoms with E-state index in [9.17, 15) is 9.59 Å². The van der Waals surface area contributed by atoms with Gasteiger partial charge in [0.1, 0.15) is 10.7 Å². The zero-order chi connectivity index (χ0) is 28.6. The van der Waals surface area contributed by atoms with E-state index in [-0.39, 0.29) is 29.8 Å². The highest BCUT2D eigenvalue weighted by molar-refractivity contribution is 7.09. The topological polar surface area (TPSA) is 102 Å². The van der Waals surface area contributed by atoms with Crippen LogP contribution < -0.4 is 24.8 Å². The number of hydrogen-bond donors (Lipinski definition) is 2. The van der Waals surface area contributed by atoms with Gasteiger partial charge in [-0.05, 0) is 36.5 Å². The highest BCUT2D eigenvalue weighted by Gasteiger charge is 2.27. The van der Waals surface area contributed by atoms with Crippen LogP contribution in [-0.4, -0.2) is 62.2 Å². The molecule has 1 saturated heterocycles. The maximum Gasteiger partial charge on any atom is 0.270 e. The van der Waals surface area contributed by atoms with E-state index in [1.54, 1.807) is 17.5 Å². The molecule has 1 aliphatic heterocycles. The van der Waals surface area contributed by atoms with Crippen LogP contribution in [0.15, 0.2) is 47.8 Å². The molecule has 2 N–H and O–H groups in total. The van der Waals surface area contributed by atoms with Crippen LogP contribution in [0.2, 0.25) is 0 Å². The third kappa shape index (κ3) is 7.11. The molecule has 1 aliphatic rings. The fraction of sp³-hybridized carbons (Fsp3) is 0.433. The summed E-state index contributed by atoms with van der Waals surface area (Å²) in [5, 5.41) is 8.66. The van der Waals surface area contributed by atoms with Crippen LogP contribution in [0.3, 0.4) is 0 Å². The number of carbonyl (C=O) groups is 2. The number of hydrogen-bond acceptors (Lipinski definition) is 8. The predicted octanol–water partition coefficient (Wildman–Crippen LogP) is 4.69. The Bertz CT molecular complexity index is 1260. The molecule has 0 radical (unpaired) electrons. The van der Waals surface area contributed by atoms with Gasteiger partial charge in [0.15, 0.2) is 11.5 Å². The molecule has 4 rings (SSSR count). The van der Waals surface area contributed by atoms with E-state index < -0.39 is 0 Å². The third-order valence-corrected chi connectivity index (χ3v) is 8.00. The van der Waals surface area contributed by atoms with Crippen molar-refractivity contribution < 1.29 is 23.8 Å². The van der Waals surface area contributed by atoms with Crippen LogP contribution in [0.25, 0.3) is 0 Å². The number of thiazole rings is 1. The van der Waals surface area contributed by atoms with Gasteiger partial charge < -0.3 is 24.8 Å². The lowest BCUT2D eigenvalue weighted by atomic mass is 10.0. The molecular formula is C30H38N4O5S. The molecule has 1 unspecified atom stereocenters. The summed E-state index contributed by atoms with van der Waals surface area (Å²) in [5.74, 6) is 0.768. The summed E-state index contributed by atoms with van der Waals surface area (Å²) in [4.78, 5) is 33.3. The van der Waals surface area contributed by atoms with Crippen molar-refractivity contribution in [2.45, 2.75) is 45.3 Å². The smallest absolute Gasteiger partial charge is 0.270 e. The standard InChI is InChI=1S/C30H38N4O5S/c1-19(2)26(33-28(35)21-15-24(37-3)27(39-5)25(16-21)38-4)30-32-23(18-40-30)29(36)31-22-11-13-34(14-12-22)17-20-9-7-6-8-10-20/h6-10,15-16,18-19,22,26H,11-14,17H2,1-5H3,(H,31,36)(H,33,35). The van der Waals surface area contributed by atoms with Crippen molar-refractivity contribution in [3.8, 4) is 17.2 Å². The van der Waals surface area contributed by atoms with Gasteiger partial charge in [-0.3, -0.25) is 14.5 Å². The minimum atomic E-state index is -0.376. The molecule has 10 heteroatoms. The summed E-state index contributed by atoms with van der Waals surface area (Å²) >= 11 is 1.37. The van der Waals surface area contributed by atoms with Crippen molar-refractivity contribution in [2.24, 2.45) is 5.92 Å². The van der Waals surface area contributed by atoms with Gasteiger partial charge in [0.25, 0.3) is 11.8 Å². The molecule has 1 atom stereocenters. The summed E-state index contributed by atoms with van der Waals surface area (Å²) in [5.41, 5.74) is 2.05. The summed E-state index contributed by atoms with van der Waals surface area (Å²) in [6.45, 7) is 6.81. The monoisotopic (exact) mass is 566 g/mol. The van der Waals surface area contributed by atoms with Crippen molar-refractivity contribution >= 4 is 23.2 Å². The number of rotatable bonds is 11. The van der Waals surface area contributed by atoms with E-state index in [0.29, 0.717) is 33.5 Å². The lowest BCUT2D eigenvalue weighted by Gasteiger charge is -2.32. The fourth-order valence-electron chi connectivity index (χ4n) is 4.82. The van der Waals surface area contributed by atoms with Crippen molar-refractivity contribution in [3.05, 3.63) is 69.7 Å². The molecule has 0 aliphatic carbocycles. The largest absolute Gasteiger partial charge is 0.493 e. The first-order chi connectivity index (χ1) is 19.3. The molecule has 0 spiro atoms. The van der Waals surface area contributed by atoms with Gasteiger partial charge in [-0.1, -0.05) is 44.2 Å². The quantitative estimate of drug-likeness (QED) is 0.347. The second-order valence-electron chi connectivity index (χ2n) is 10.2. The van der Waals surface area contributed by atoms with Crippen molar-refractivity contribution in [1.82, 2.24) is 20.5 Å². The van der Waals surface area contributed by atoms with Crippen molar-refractivity contribution in [1.29, 1.82) is 0 Å². The highest BCUT2D eigenvalue weighted by atomic mass is 32.1. The van der Waals surface area contributed by atoms with E-state index in [0.717, 1.165) is 32.5 Å². The molecule has 1 aromatic heterocycles. The minimum absolute atomic E-state index is 0.0435. The fourth-order valence-corrected chi connectivity index (χ4v) is 5.84. The van der Waals surface area contributed by atoms with Crippen molar-refractivity contribution in [3.63, 3.8) is 0 Å². The lowest BCUT2D eigenvalue weighted by Crippen LogP contribution is -2.44. The summed E-state index contributed by atoms with van der Waals surface area (Å²) in [6, 6.07) is 13.4. The molecular weight excluding hydrogens is 528 g/mol. The first-order valence-corrected chi connectivity index (χ1v) is 14.3. The Balaban J connectivity index is 1.37. The number of piperidine rings is 1. The minimum Gasteiger partial charge on any atom is -0.493 e. The van der Waals surface area contributed by atoms with Gasteiger partial charge in [0, 0.05) is 36.6 Å². The normalized spacial score (nSPS) is 14.9. The summed E-state index contributed by atoms with van der Waals surface area (Å²) in [7, 11) is 4.53. The van der Waals surface area contributed by atoms with E-state index in [4.69, 9.17) is 14.2 Å². The van der Waals surface area contributed by atoms with Gasteiger partial charge in [-0.25, -0.2) is 4.98 Å². The van der Waals surface area contributed by atoms with Crippen LogP contribution >= 0.6 is 11.3 Å². The zero-order valence-electron chi connectivity index (χ0n) is 23.7. The molecule has 2 aromatic carbocycles. The van der Waals surface area contributed by atoms with Crippen LogP contribution in [0.5, 0.6) is 17.2 Å². The number of nitrogens with zero attached hydrogens (tertiary/aromatic N) is 2. The molecule has 2 heterocycles. The predicted molar refractivity (Wildman–Crippen MR) is 155 cm³/mol. The Hall–Kier alpha value is -3.63. The van der Waals surface area contributed by atoms with Crippen LogP contribution in [-0.2, 0) is 6.54 Å². The number of benzene rings is 2. The second-order valence-corrected chi connectivity index (χ2v) is 11.1. The van der Waals surface area contributed by atoms with E-state index in [2.05, 4.69) is 44.8 Å². The number of likely N-dealkylation sites (tertiary alicyclic amines) is 1. The number of nitrogens with one attached hydrogen (secondary N) is 2. The van der Waals surface area contributed by atoms with E-state index in [1.165, 1.54) is 38.2 Å². The maximum absolute atomic E-state index is 13.2. The Morgan fingerprint density at radius 3 is 2.23 bits per heavy atom. The number of methoxy groups -OCH3 is 3. The SMILES string of the molecule is COc1cc(C(=O)NC(c2nc(C(=O)NC3CCN(Cc4ccccc4)CC3)cs2)C(C)C)cc(OC)c1OC. The van der Waals surface area contributed by atoms with E-state index >= 15 is 0 Å². The molecule has 0 bridgehead atoms. The molecule has 0 saturated carbocycles. The maximum atomic E-state index is 13.2. The van der Waals surface area contributed by atoms with Crippen molar-refractivity contribution in [2.75, 3.05) is 34.4 Å². The summed E-state index contributed by atoms with van der Waals surface area (Å²) < 4.78 is 16.1. The van der Waals surface area contributed by atoms with Gasteiger partial charge in [-0.2, -0.15) is 0 Å². The zero-order valence-corrected chi connectivity index (χ0v) is 24.5. The molecule has 1 fully saturated rings. The third-order valence-electron chi connectivity index (χ3n) is 7.07. The number of amides is 2. The number of aromatic nitrogens is 1. The van der Waals surface area contributed by atoms with Crippen LogP contribution in [0.4, 0.5) is 0 Å². The summed E-state index contributed by atoms with van der Waals surface area (Å²) in [6.07, 6.45) is 1.80. The average molecular weight is 567 g/mol. The molecule has 3 aromatic rings. The molecule has 214 valence electrons. The van der Waals surface area contributed by atoms with Gasteiger partial charge >= 0.3 is 0 Å². The van der Waals surface area contributed by atoms with E-state index in [1.807, 2.05) is 19.9 Å². The Labute approximate surface area is 239 Å². The van der Waals surface area contributed by atoms with Gasteiger partial charge in [0.2, 0.25) is 5.75 Å². The Morgan fingerprint density at radius 1 is 1.00 bits per heavy atom. The van der Waals surface area contributed by atoms with Crippen LogP contribution in [0.1, 0.15) is 64.1 Å². The Morgan fingerprint density at radius 2 is 1.65 bits per heavy atom. The lowest BCUT2D eigenvalue weighted by molar-refractivity contribution is 0.0904. The number of carbonyl (C=O) groups excluding carboxylic acids is 2. The second kappa shape index (κ2) is 13.6. The van der Waals surface area contributed by atoms with Gasteiger partial charge in [-0.15, -0.1) is 11.3 Å².